The SMILES string of the molecule is CNC(=O)OC[C@H]1CCc2c(sc(NC(=O)/C=C/c3cccnc3)c2N)C1. The molecule has 0 bridgehead atoms. The van der Waals surface area contributed by atoms with Gasteiger partial charge in [0.2, 0.25) is 5.91 Å². The largest absolute Gasteiger partial charge is 0.449 e. The van der Waals surface area contributed by atoms with Gasteiger partial charge in [-0.1, -0.05) is 6.07 Å². The molecule has 0 fully saturated rings. The monoisotopic (exact) mass is 386 g/mol. The maximum Gasteiger partial charge on any atom is 0.406 e. The lowest BCUT2D eigenvalue weighted by molar-refractivity contribution is -0.111. The van der Waals surface area contributed by atoms with Crippen molar-refractivity contribution in [2.24, 2.45) is 5.92 Å². The number of anilines is 2. The van der Waals surface area contributed by atoms with Crippen molar-refractivity contribution in [2.45, 2.75) is 19.3 Å². The number of amides is 2. The highest BCUT2D eigenvalue weighted by Crippen LogP contribution is 2.41. The van der Waals surface area contributed by atoms with Gasteiger partial charge in [0, 0.05) is 30.4 Å². The molecule has 0 unspecified atom stereocenters. The number of fused-ring (bicyclic) bond motifs is 1. The van der Waals surface area contributed by atoms with Crippen LogP contribution in [0.15, 0.2) is 30.6 Å². The van der Waals surface area contributed by atoms with Crippen LogP contribution in [0.2, 0.25) is 0 Å². The van der Waals surface area contributed by atoms with E-state index in [0.717, 1.165) is 35.3 Å². The molecule has 0 spiro atoms. The van der Waals surface area contributed by atoms with Crippen molar-refractivity contribution in [2.75, 3.05) is 24.7 Å². The number of aromatic nitrogens is 1. The summed E-state index contributed by atoms with van der Waals surface area (Å²) < 4.78 is 5.16. The molecule has 1 atom stereocenters. The quantitative estimate of drug-likeness (QED) is 0.685. The first-order chi connectivity index (χ1) is 13.1. The Balaban J connectivity index is 1.62. The molecule has 2 aromatic rings. The van der Waals surface area contributed by atoms with Gasteiger partial charge in [-0.15, -0.1) is 11.3 Å². The Morgan fingerprint density at radius 3 is 3.07 bits per heavy atom. The van der Waals surface area contributed by atoms with Gasteiger partial charge >= 0.3 is 6.09 Å². The van der Waals surface area contributed by atoms with Gasteiger partial charge in [-0.2, -0.15) is 0 Å². The smallest absolute Gasteiger partial charge is 0.406 e. The fourth-order valence-corrected chi connectivity index (χ4v) is 4.26. The van der Waals surface area contributed by atoms with E-state index in [-0.39, 0.29) is 11.8 Å². The summed E-state index contributed by atoms with van der Waals surface area (Å²) >= 11 is 1.50. The van der Waals surface area contributed by atoms with Crippen LogP contribution in [-0.4, -0.2) is 30.6 Å². The van der Waals surface area contributed by atoms with Crippen LogP contribution in [0.5, 0.6) is 0 Å². The molecule has 142 valence electrons. The third-order valence-corrected chi connectivity index (χ3v) is 5.60. The molecule has 0 radical (unpaired) electrons. The number of hydrogen-bond acceptors (Lipinski definition) is 6. The molecule has 0 saturated heterocycles. The first kappa shape index (κ1) is 18.9. The Labute approximate surface area is 161 Å². The van der Waals surface area contributed by atoms with Crippen molar-refractivity contribution >= 4 is 40.1 Å². The number of nitrogens with one attached hydrogen (secondary N) is 2. The Kier molecular flexibility index (Phi) is 6.08. The number of carbonyl (C=O) groups is 2. The van der Waals surface area contributed by atoms with Crippen LogP contribution >= 0.6 is 11.3 Å². The number of pyridine rings is 1. The third-order valence-electron chi connectivity index (χ3n) is 4.41. The number of alkyl carbamates (subject to hydrolysis) is 1. The lowest BCUT2D eigenvalue weighted by atomic mass is 9.89. The Bertz CT molecular complexity index is 848. The number of rotatable bonds is 5. The Hall–Kier alpha value is -2.87. The van der Waals surface area contributed by atoms with Gasteiger partial charge in [0.05, 0.1) is 12.3 Å². The average Bonchev–Trinajstić information content (AvgIpc) is 3.00. The highest BCUT2D eigenvalue weighted by Gasteiger charge is 2.25. The van der Waals surface area contributed by atoms with Crippen LogP contribution in [0.3, 0.4) is 0 Å². The molecule has 8 heteroatoms. The maximum absolute atomic E-state index is 12.2. The topological polar surface area (TPSA) is 106 Å². The molecule has 1 aliphatic rings. The van der Waals surface area contributed by atoms with Crippen LogP contribution in [-0.2, 0) is 22.4 Å². The summed E-state index contributed by atoms with van der Waals surface area (Å²) in [5, 5.41) is 5.98. The average molecular weight is 386 g/mol. The minimum atomic E-state index is -0.417. The highest BCUT2D eigenvalue weighted by molar-refractivity contribution is 7.17. The molecule has 2 aromatic heterocycles. The van der Waals surface area contributed by atoms with Gasteiger partial charge in [-0.05, 0) is 48.4 Å². The Morgan fingerprint density at radius 2 is 2.33 bits per heavy atom. The second-order valence-electron chi connectivity index (χ2n) is 6.31. The molecule has 4 N–H and O–H groups in total. The van der Waals surface area contributed by atoms with E-state index in [0.29, 0.717) is 17.3 Å². The van der Waals surface area contributed by atoms with E-state index in [1.165, 1.54) is 17.4 Å². The van der Waals surface area contributed by atoms with E-state index in [2.05, 4.69) is 15.6 Å². The van der Waals surface area contributed by atoms with Gasteiger partial charge in [-0.3, -0.25) is 9.78 Å². The molecule has 7 nitrogen and oxygen atoms in total. The summed E-state index contributed by atoms with van der Waals surface area (Å²) in [7, 11) is 1.54. The van der Waals surface area contributed by atoms with Gasteiger partial charge < -0.3 is 21.1 Å². The zero-order valence-electron chi connectivity index (χ0n) is 15.0. The molecule has 1 aliphatic carbocycles. The summed E-state index contributed by atoms with van der Waals surface area (Å²) in [6.45, 7) is 0.381. The highest BCUT2D eigenvalue weighted by atomic mass is 32.1. The molecule has 2 heterocycles. The number of carbonyl (C=O) groups excluding carboxylic acids is 2. The second-order valence-corrected chi connectivity index (χ2v) is 7.42. The van der Waals surface area contributed by atoms with Crippen LogP contribution in [0.1, 0.15) is 22.4 Å². The molecule has 2 amide bonds. The molecule has 0 aliphatic heterocycles. The van der Waals surface area contributed by atoms with Gasteiger partial charge in [0.1, 0.15) is 5.00 Å². The van der Waals surface area contributed by atoms with E-state index in [1.807, 2.05) is 12.1 Å². The predicted molar refractivity (Wildman–Crippen MR) is 107 cm³/mol. The molecule has 3 rings (SSSR count). The number of nitrogen functional groups attached to an aromatic ring is 1. The number of hydrogen-bond donors (Lipinski definition) is 3. The molecule has 0 aromatic carbocycles. The molecule has 0 saturated carbocycles. The summed E-state index contributed by atoms with van der Waals surface area (Å²) in [4.78, 5) is 28.6. The fourth-order valence-electron chi connectivity index (χ4n) is 2.98. The summed E-state index contributed by atoms with van der Waals surface area (Å²) in [5.74, 6) is 0.0329. The second kappa shape index (κ2) is 8.68. The third kappa shape index (κ3) is 4.85. The van der Waals surface area contributed by atoms with Crippen molar-refractivity contribution in [1.82, 2.24) is 10.3 Å². The van der Waals surface area contributed by atoms with Crippen LogP contribution in [0.4, 0.5) is 15.5 Å². The number of nitrogens with zero attached hydrogens (tertiary/aromatic N) is 1. The minimum absolute atomic E-state index is 0.233. The van der Waals surface area contributed by atoms with Gasteiger partial charge in [0.15, 0.2) is 0 Å². The number of ether oxygens (including phenoxy) is 1. The summed E-state index contributed by atoms with van der Waals surface area (Å²) in [6, 6.07) is 3.68. The lowest BCUT2D eigenvalue weighted by Gasteiger charge is -2.21. The number of nitrogens with two attached hydrogens (primary N) is 1. The predicted octanol–water partition coefficient (Wildman–Crippen LogP) is 2.84. The normalized spacial score (nSPS) is 16.0. The van der Waals surface area contributed by atoms with Crippen molar-refractivity contribution in [3.63, 3.8) is 0 Å². The minimum Gasteiger partial charge on any atom is -0.449 e. The molecule has 27 heavy (non-hydrogen) atoms. The van der Waals surface area contributed by atoms with Crippen molar-refractivity contribution < 1.29 is 14.3 Å². The van der Waals surface area contributed by atoms with Gasteiger partial charge in [0.25, 0.3) is 0 Å². The van der Waals surface area contributed by atoms with E-state index in [4.69, 9.17) is 10.5 Å². The zero-order valence-corrected chi connectivity index (χ0v) is 15.8. The van der Waals surface area contributed by atoms with E-state index in [1.54, 1.807) is 25.5 Å². The van der Waals surface area contributed by atoms with Crippen LogP contribution in [0, 0.1) is 5.92 Å². The van der Waals surface area contributed by atoms with Crippen LogP contribution < -0.4 is 16.4 Å². The zero-order chi connectivity index (χ0) is 19.2. The van der Waals surface area contributed by atoms with Gasteiger partial charge in [-0.25, -0.2) is 4.79 Å². The first-order valence-electron chi connectivity index (χ1n) is 8.70. The lowest BCUT2D eigenvalue weighted by Crippen LogP contribution is -2.25. The van der Waals surface area contributed by atoms with E-state index >= 15 is 0 Å². The summed E-state index contributed by atoms with van der Waals surface area (Å²) in [6.07, 6.45) is 8.64. The van der Waals surface area contributed by atoms with Crippen molar-refractivity contribution in [3.05, 3.63) is 46.6 Å². The van der Waals surface area contributed by atoms with Crippen molar-refractivity contribution in [1.29, 1.82) is 0 Å². The standard InChI is InChI=1S/C19H22N4O3S/c1-21-19(25)26-11-13-4-6-14-15(9-13)27-18(17(14)20)23-16(24)7-5-12-3-2-8-22-10-12/h2-3,5,7-8,10,13H,4,6,9,11,20H2,1H3,(H,21,25)(H,23,24)/b7-5+/t13-/m0/s1. The maximum atomic E-state index is 12.2. The first-order valence-corrected chi connectivity index (χ1v) is 9.52. The van der Waals surface area contributed by atoms with Crippen LogP contribution in [0.25, 0.3) is 6.08 Å². The van der Waals surface area contributed by atoms with Crippen molar-refractivity contribution in [3.8, 4) is 0 Å². The molecular weight excluding hydrogens is 364 g/mol. The number of thiophene rings is 1. The summed E-state index contributed by atoms with van der Waals surface area (Å²) in [5.41, 5.74) is 8.83. The fraction of sp³-hybridized carbons (Fsp3) is 0.316. The van der Waals surface area contributed by atoms with E-state index in [9.17, 15) is 9.59 Å². The molecular formula is C19H22N4O3S. The Morgan fingerprint density at radius 1 is 1.48 bits per heavy atom. The van der Waals surface area contributed by atoms with E-state index < -0.39 is 6.09 Å².